The van der Waals surface area contributed by atoms with Gasteiger partial charge in [0.15, 0.2) is 0 Å². The Hall–Kier alpha value is -0.0800. The molecule has 0 spiro atoms. The number of hydrogen-bond donors (Lipinski definition) is 1. The maximum Gasteiger partial charge on any atom is 0.0590 e. The molecule has 0 aromatic carbocycles. The van der Waals surface area contributed by atoms with Gasteiger partial charge in [0.05, 0.1) is 6.10 Å². The van der Waals surface area contributed by atoms with Gasteiger partial charge in [0.2, 0.25) is 0 Å². The van der Waals surface area contributed by atoms with Gasteiger partial charge in [-0.25, -0.2) is 0 Å². The van der Waals surface area contributed by atoms with E-state index in [1.54, 1.807) is 0 Å². The van der Waals surface area contributed by atoms with E-state index >= 15 is 0 Å². The second-order valence-electron chi connectivity index (χ2n) is 5.72. The molecule has 0 aromatic heterocycles. The van der Waals surface area contributed by atoms with Crippen LogP contribution in [0.4, 0.5) is 0 Å². The molecule has 102 valence electrons. The standard InChI is InChI=1S/C15H31NO/c1-5-7-12(3)11-15(16-9-6-2)14-8-10-17-13(14)4/h12-16H,5-11H2,1-4H3. The van der Waals surface area contributed by atoms with E-state index in [4.69, 9.17) is 4.74 Å². The minimum Gasteiger partial charge on any atom is -0.378 e. The fourth-order valence-electron chi connectivity index (χ4n) is 3.06. The van der Waals surface area contributed by atoms with Gasteiger partial charge in [-0.2, -0.15) is 0 Å². The third-order valence-corrected chi connectivity index (χ3v) is 4.05. The molecule has 2 heteroatoms. The highest BCUT2D eigenvalue weighted by atomic mass is 16.5. The summed E-state index contributed by atoms with van der Waals surface area (Å²) in [7, 11) is 0. The summed E-state index contributed by atoms with van der Waals surface area (Å²) in [6.07, 6.45) is 6.87. The summed E-state index contributed by atoms with van der Waals surface area (Å²) < 4.78 is 5.73. The minimum atomic E-state index is 0.443. The highest BCUT2D eigenvalue weighted by Crippen LogP contribution is 2.28. The Balaban J connectivity index is 2.46. The van der Waals surface area contributed by atoms with Gasteiger partial charge in [0, 0.05) is 18.6 Å². The molecule has 0 bridgehead atoms. The summed E-state index contributed by atoms with van der Waals surface area (Å²) in [5, 5.41) is 3.75. The second kappa shape index (κ2) is 8.10. The van der Waals surface area contributed by atoms with Crippen LogP contribution in [0.1, 0.15) is 59.8 Å². The molecule has 0 aromatic rings. The first-order chi connectivity index (χ1) is 8.19. The lowest BCUT2D eigenvalue weighted by Gasteiger charge is -2.29. The van der Waals surface area contributed by atoms with Crippen LogP contribution < -0.4 is 5.32 Å². The summed E-state index contributed by atoms with van der Waals surface area (Å²) in [4.78, 5) is 0. The van der Waals surface area contributed by atoms with E-state index in [-0.39, 0.29) is 0 Å². The summed E-state index contributed by atoms with van der Waals surface area (Å²) >= 11 is 0. The van der Waals surface area contributed by atoms with Crippen LogP contribution in [0.3, 0.4) is 0 Å². The number of hydrogen-bond acceptors (Lipinski definition) is 2. The van der Waals surface area contributed by atoms with E-state index in [0.717, 1.165) is 25.0 Å². The topological polar surface area (TPSA) is 21.3 Å². The van der Waals surface area contributed by atoms with Crippen LogP contribution in [0.15, 0.2) is 0 Å². The molecular weight excluding hydrogens is 210 g/mol. The van der Waals surface area contributed by atoms with Crippen LogP contribution in [0.5, 0.6) is 0 Å². The number of ether oxygens (including phenoxy) is 1. The Labute approximate surface area is 108 Å². The van der Waals surface area contributed by atoms with Crippen molar-refractivity contribution in [1.29, 1.82) is 0 Å². The van der Waals surface area contributed by atoms with Crippen LogP contribution in [-0.2, 0) is 4.74 Å². The molecule has 4 atom stereocenters. The van der Waals surface area contributed by atoms with Crippen molar-refractivity contribution in [1.82, 2.24) is 5.32 Å². The largest absolute Gasteiger partial charge is 0.378 e. The quantitative estimate of drug-likeness (QED) is 0.701. The Kier molecular flexibility index (Phi) is 7.14. The highest BCUT2D eigenvalue weighted by molar-refractivity contribution is 4.85. The Morgan fingerprint density at radius 1 is 1.29 bits per heavy atom. The lowest BCUT2D eigenvalue weighted by atomic mass is 9.86. The van der Waals surface area contributed by atoms with Crippen LogP contribution in [0.2, 0.25) is 0 Å². The first-order valence-electron chi connectivity index (χ1n) is 7.54. The first-order valence-corrected chi connectivity index (χ1v) is 7.54. The van der Waals surface area contributed by atoms with Crippen molar-refractivity contribution in [2.24, 2.45) is 11.8 Å². The third-order valence-electron chi connectivity index (χ3n) is 4.05. The van der Waals surface area contributed by atoms with Gasteiger partial charge >= 0.3 is 0 Å². The average molecular weight is 241 g/mol. The van der Waals surface area contributed by atoms with Crippen LogP contribution >= 0.6 is 0 Å². The fourth-order valence-corrected chi connectivity index (χ4v) is 3.06. The normalized spacial score (nSPS) is 28.2. The molecule has 1 heterocycles. The lowest BCUT2D eigenvalue weighted by molar-refractivity contribution is 0.0920. The molecule has 0 saturated carbocycles. The van der Waals surface area contributed by atoms with Gasteiger partial charge < -0.3 is 10.1 Å². The molecule has 17 heavy (non-hydrogen) atoms. The van der Waals surface area contributed by atoms with E-state index in [9.17, 15) is 0 Å². The van der Waals surface area contributed by atoms with E-state index in [0.29, 0.717) is 12.1 Å². The van der Waals surface area contributed by atoms with E-state index < -0.39 is 0 Å². The zero-order valence-corrected chi connectivity index (χ0v) is 12.2. The Morgan fingerprint density at radius 2 is 2.06 bits per heavy atom. The van der Waals surface area contributed by atoms with Crippen molar-refractivity contribution in [3.63, 3.8) is 0 Å². The predicted molar refractivity (Wildman–Crippen MR) is 74.3 cm³/mol. The summed E-state index contributed by atoms with van der Waals surface area (Å²) in [6.45, 7) is 11.3. The van der Waals surface area contributed by atoms with Crippen LogP contribution in [0.25, 0.3) is 0 Å². The van der Waals surface area contributed by atoms with Crippen molar-refractivity contribution < 1.29 is 4.74 Å². The fraction of sp³-hybridized carbons (Fsp3) is 1.00. The van der Waals surface area contributed by atoms with Gasteiger partial charge in [-0.15, -0.1) is 0 Å². The maximum atomic E-state index is 5.73. The summed E-state index contributed by atoms with van der Waals surface area (Å²) in [6, 6.07) is 0.661. The van der Waals surface area contributed by atoms with Crippen LogP contribution in [0, 0.1) is 11.8 Å². The maximum absolute atomic E-state index is 5.73. The molecule has 1 rings (SSSR count). The van der Waals surface area contributed by atoms with Crippen molar-refractivity contribution in [3.05, 3.63) is 0 Å². The summed E-state index contributed by atoms with van der Waals surface area (Å²) in [5.74, 6) is 1.56. The summed E-state index contributed by atoms with van der Waals surface area (Å²) in [5.41, 5.74) is 0. The van der Waals surface area contributed by atoms with E-state index in [1.807, 2.05) is 0 Å². The third kappa shape index (κ3) is 4.97. The monoisotopic (exact) mass is 241 g/mol. The molecule has 1 fully saturated rings. The average Bonchev–Trinajstić information content (AvgIpc) is 2.71. The minimum absolute atomic E-state index is 0.443. The van der Waals surface area contributed by atoms with Gasteiger partial charge in [0.1, 0.15) is 0 Å². The van der Waals surface area contributed by atoms with Crippen molar-refractivity contribution in [2.45, 2.75) is 71.9 Å². The molecule has 1 aliphatic rings. The molecule has 1 N–H and O–H groups in total. The zero-order chi connectivity index (χ0) is 12.7. The SMILES string of the molecule is CCCNC(CC(C)CCC)C1CCOC1C. The van der Waals surface area contributed by atoms with Gasteiger partial charge in [-0.1, -0.05) is 33.6 Å². The molecule has 1 aliphatic heterocycles. The van der Waals surface area contributed by atoms with Crippen molar-refractivity contribution >= 4 is 0 Å². The molecule has 0 aliphatic carbocycles. The molecular formula is C15H31NO. The number of nitrogens with one attached hydrogen (secondary N) is 1. The van der Waals surface area contributed by atoms with Gasteiger partial charge in [-0.3, -0.25) is 0 Å². The molecule has 4 unspecified atom stereocenters. The van der Waals surface area contributed by atoms with Crippen molar-refractivity contribution in [3.8, 4) is 0 Å². The zero-order valence-electron chi connectivity index (χ0n) is 12.2. The van der Waals surface area contributed by atoms with E-state index in [2.05, 4.69) is 33.0 Å². The molecule has 1 saturated heterocycles. The first kappa shape index (κ1) is 15.0. The Morgan fingerprint density at radius 3 is 2.59 bits per heavy atom. The Bertz CT molecular complexity index is 195. The smallest absolute Gasteiger partial charge is 0.0590 e. The molecule has 0 amide bonds. The highest BCUT2D eigenvalue weighted by Gasteiger charge is 2.31. The predicted octanol–water partition coefficient (Wildman–Crippen LogP) is 3.61. The molecule has 0 radical (unpaired) electrons. The van der Waals surface area contributed by atoms with Gasteiger partial charge in [0.25, 0.3) is 0 Å². The van der Waals surface area contributed by atoms with Crippen molar-refractivity contribution in [2.75, 3.05) is 13.2 Å². The van der Waals surface area contributed by atoms with Gasteiger partial charge in [-0.05, 0) is 38.6 Å². The molecule has 2 nitrogen and oxygen atoms in total. The number of rotatable bonds is 8. The van der Waals surface area contributed by atoms with E-state index in [1.165, 1.54) is 32.1 Å². The second-order valence-corrected chi connectivity index (χ2v) is 5.72. The lowest BCUT2D eigenvalue weighted by Crippen LogP contribution is -2.40. The van der Waals surface area contributed by atoms with Crippen LogP contribution in [-0.4, -0.2) is 25.3 Å².